The van der Waals surface area contributed by atoms with Crippen LogP contribution in [-0.4, -0.2) is 104 Å². The number of hydrogen-bond acceptors (Lipinski definition) is 16. The molecule has 0 radical (unpaired) electrons. The Morgan fingerprint density at radius 2 is 0.686 bits per heavy atom. The van der Waals surface area contributed by atoms with Crippen molar-refractivity contribution in [2.75, 3.05) is 45.0 Å². The molecule has 6 fully saturated rings. The fourth-order valence-corrected chi connectivity index (χ4v) is 16.7. The first-order valence-corrected chi connectivity index (χ1v) is 48.4. The Hall–Kier alpha value is -5.06. The fourth-order valence-electron chi connectivity index (χ4n) is 16.3. The van der Waals surface area contributed by atoms with Gasteiger partial charge in [-0.2, -0.15) is 0 Å². The zero-order chi connectivity index (χ0) is 87.5. The second-order valence-corrected chi connectivity index (χ2v) is 35.4. The summed E-state index contributed by atoms with van der Waals surface area (Å²) < 4.78 is 71.8. The van der Waals surface area contributed by atoms with Crippen LogP contribution in [0.4, 0.5) is 0 Å². The van der Waals surface area contributed by atoms with Crippen LogP contribution in [0, 0.1) is 89.2 Å². The minimum atomic E-state index is -0.147. The topological polar surface area (TPSA) is 185 Å². The van der Waals surface area contributed by atoms with E-state index in [0.29, 0.717) is 28.2 Å². The van der Waals surface area contributed by atoms with Crippen LogP contribution in [-0.2, 0) is 50.9 Å². The molecule has 4 aromatic rings. The van der Waals surface area contributed by atoms with Gasteiger partial charge in [-0.3, -0.25) is 9.59 Å². The molecule has 0 bridgehead atoms. The molecule has 6 heterocycles. The Labute approximate surface area is 753 Å². The van der Waals surface area contributed by atoms with Gasteiger partial charge in [0.25, 0.3) is 0 Å². The number of benzene rings is 4. The number of aromatic hydroxyl groups is 2. The van der Waals surface area contributed by atoms with E-state index in [4.69, 9.17) is 56.8 Å². The van der Waals surface area contributed by atoms with Crippen molar-refractivity contribution >= 4 is 27.5 Å². The number of phenolic OH excluding ortho intramolecular Hbond substituents is 2. The SMILES string of the molecule is CCCCCCCBr.CCCCCCCC1=C(C)C(=O)C(C)=C(C)C1=O.CCCCCCCc1c(C)c(O)c(C)c(C)c1O.CCCCCCCc1c(C)c(OC2CCCCO2)c(C)c(C)c1OC1CCCCO1.Cc1[c-]c(OC2CCCCO2)c(C)c(C)c1OC1CCCCO1.Cc1cc(OC2CCCCO2)c(C)c(C)c1OC1CCCCO1.[Li+]. The zero-order valence-corrected chi connectivity index (χ0v) is 81.1. The zero-order valence-electron chi connectivity index (χ0n) is 79.5. The van der Waals surface area contributed by atoms with Crippen LogP contribution < -0.4 is 47.3 Å². The number of ketones is 2. The number of allylic oxidation sites excluding steroid dienone is 4. The molecular weight excluding hydrogens is 1580 g/mol. The van der Waals surface area contributed by atoms with E-state index >= 15 is 0 Å². The Bertz CT molecular complexity index is 3620. The number of unbranched alkanes of at least 4 members (excludes halogenated alkanes) is 16. The van der Waals surface area contributed by atoms with Crippen molar-refractivity contribution in [1.29, 1.82) is 0 Å². The minimum absolute atomic E-state index is 0. The molecule has 16 nitrogen and oxygen atoms in total. The number of rotatable bonds is 35. The first kappa shape index (κ1) is 106. The number of hydrogen-bond donors (Lipinski definition) is 2. The Morgan fingerprint density at radius 1 is 0.339 bits per heavy atom. The molecule has 11 rings (SSSR count). The molecule has 6 aliphatic heterocycles. The molecule has 678 valence electrons. The van der Waals surface area contributed by atoms with Crippen molar-refractivity contribution in [3.05, 3.63) is 112 Å². The van der Waals surface area contributed by atoms with Crippen molar-refractivity contribution in [2.24, 2.45) is 0 Å². The molecule has 2 N–H and O–H groups in total. The van der Waals surface area contributed by atoms with Gasteiger partial charge >= 0.3 is 18.9 Å². The Balaban J connectivity index is 0.000000265. The van der Waals surface area contributed by atoms with E-state index in [1.807, 2.05) is 27.7 Å². The van der Waals surface area contributed by atoms with Crippen LogP contribution in [0.15, 0.2) is 28.4 Å². The van der Waals surface area contributed by atoms with E-state index in [1.54, 1.807) is 20.8 Å². The standard InChI is InChI=1S/C26H42O4.C19H28O4.C19H27O4.C16H26O2.C16H24O2.C7H15Br.Li/c1-5-6-7-8-9-14-22-21(4)25(29-23-15-10-12-17-27-23)19(2)20(3)26(22)30-24-16-11-13-18-28-24;2*1-13-12-16(22-17-8-4-6-10-20-17)14(2)15(3)19(13)23-18-9-5-7-11-21-18;2*1-5-6-7-8-9-10-14-13(4)15(17)11(2)12(3)16(14)18;1-2-3-4-5-6-7-8;/h23-24H,5-18H2,1-4H3;12,17-18H,4-11H2,1-3H3;17-18H,4-11H2,1-3H3;17-18H,5-10H2,1-4H3;5-10H2,1-4H3;2-7H2,1H3;/q;;-1;;;;+1. The van der Waals surface area contributed by atoms with Crippen LogP contribution in [0.5, 0.6) is 46.0 Å². The van der Waals surface area contributed by atoms with Crippen molar-refractivity contribution < 1.29 is 95.5 Å². The Morgan fingerprint density at radius 3 is 1.12 bits per heavy atom. The molecule has 1 aliphatic carbocycles. The largest absolute Gasteiger partial charge is 1.00 e. The summed E-state index contributed by atoms with van der Waals surface area (Å²) in [5.41, 5.74) is 17.4. The maximum Gasteiger partial charge on any atom is 1.00 e. The minimum Gasteiger partial charge on any atom is -0.525 e. The number of halogens is 1. The van der Waals surface area contributed by atoms with Gasteiger partial charge < -0.3 is 67.1 Å². The molecule has 0 spiro atoms. The maximum absolute atomic E-state index is 12.1. The second kappa shape index (κ2) is 59.1. The van der Waals surface area contributed by atoms with Crippen LogP contribution >= 0.6 is 15.9 Å². The van der Waals surface area contributed by atoms with Gasteiger partial charge in [-0.25, -0.2) is 0 Å². The second-order valence-electron chi connectivity index (χ2n) is 34.6. The number of phenols is 2. The molecular formula is C103H162BrLiO16. The van der Waals surface area contributed by atoms with Crippen LogP contribution in [0.2, 0.25) is 0 Å². The molecule has 121 heavy (non-hydrogen) atoms. The van der Waals surface area contributed by atoms with Gasteiger partial charge in [0.2, 0.25) is 0 Å². The fraction of sp³-hybridized carbons (Fsp3) is 0.709. The van der Waals surface area contributed by atoms with Crippen molar-refractivity contribution in [3.63, 3.8) is 0 Å². The van der Waals surface area contributed by atoms with E-state index in [9.17, 15) is 19.8 Å². The van der Waals surface area contributed by atoms with E-state index in [1.165, 1.54) is 162 Å². The third-order valence-corrected chi connectivity index (χ3v) is 25.6. The number of carbonyl (C=O) groups is 2. The quantitative estimate of drug-likeness (QED) is 0.0111. The van der Waals surface area contributed by atoms with Crippen LogP contribution in [0.1, 0.15) is 377 Å². The van der Waals surface area contributed by atoms with Gasteiger partial charge in [-0.05, 0) is 261 Å². The molecule has 0 amide bonds. The molecule has 6 atom stereocenters. The summed E-state index contributed by atoms with van der Waals surface area (Å²) in [7, 11) is 0. The molecule has 0 aromatic heterocycles. The summed E-state index contributed by atoms with van der Waals surface area (Å²) in [4.78, 5) is 24.1. The summed E-state index contributed by atoms with van der Waals surface area (Å²) in [5, 5.41) is 21.4. The smallest absolute Gasteiger partial charge is 0.525 e. The summed E-state index contributed by atoms with van der Waals surface area (Å²) in [5.74, 6) is 6.39. The monoisotopic (exact) mass is 1740 g/mol. The third kappa shape index (κ3) is 34.9. The maximum atomic E-state index is 12.1. The molecule has 0 saturated carbocycles. The average Bonchev–Trinajstić information content (AvgIpc) is 0.771. The van der Waals surface area contributed by atoms with Crippen molar-refractivity contribution in [3.8, 4) is 46.0 Å². The number of aryl methyl sites for hydroxylation is 2. The normalized spacial score (nSPS) is 19.8. The summed E-state index contributed by atoms with van der Waals surface area (Å²) in [6.07, 6.45) is 46.6. The van der Waals surface area contributed by atoms with Gasteiger partial charge in [0.15, 0.2) is 49.3 Å². The molecule has 18 heteroatoms. The van der Waals surface area contributed by atoms with Gasteiger partial charge in [-0.15, -0.1) is 22.8 Å². The number of ether oxygens (including phenoxy) is 12. The van der Waals surface area contributed by atoms with E-state index in [-0.39, 0.29) is 68.2 Å². The Kier molecular flexibility index (Phi) is 52.0. The van der Waals surface area contributed by atoms with Gasteiger partial charge in [0.05, 0.1) is 39.6 Å². The summed E-state index contributed by atoms with van der Waals surface area (Å²) >= 11 is 3.40. The van der Waals surface area contributed by atoms with Crippen LogP contribution in [0.25, 0.3) is 0 Å². The van der Waals surface area contributed by atoms with Gasteiger partial charge in [0, 0.05) is 88.8 Å². The van der Waals surface area contributed by atoms with E-state index < -0.39 is 0 Å². The van der Waals surface area contributed by atoms with E-state index in [2.05, 4.69) is 111 Å². The van der Waals surface area contributed by atoms with Crippen LogP contribution in [0.3, 0.4) is 0 Å². The molecule has 7 aliphatic rings. The van der Waals surface area contributed by atoms with Gasteiger partial charge in [0.1, 0.15) is 34.5 Å². The number of Topliss-reactive ketones (excluding diaryl/α,β-unsaturated/α-hetero) is 2. The average molecular weight is 1740 g/mol. The predicted molar refractivity (Wildman–Crippen MR) is 492 cm³/mol. The number of carbonyl (C=O) groups excluding carboxylic acids is 2. The first-order chi connectivity index (χ1) is 57.8. The molecule has 6 unspecified atom stereocenters. The predicted octanol–water partition coefficient (Wildman–Crippen LogP) is 24.6. The van der Waals surface area contributed by atoms with Crippen molar-refractivity contribution in [1.82, 2.24) is 0 Å². The van der Waals surface area contributed by atoms with E-state index in [0.717, 1.165) is 264 Å². The summed E-state index contributed by atoms with van der Waals surface area (Å²) in [6.45, 7) is 43.5. The molecule has 6 saturated heterocycles. The number of alkyl halides is 1. The molecule has 4 aromatic carbocycles. The van der Waals surface area contributed by atoms with Crippen molar-refractivity contribution in [2.45, 2.75) is 433 Å². The first-order valence-electron chi connectivity index (χ1n) is 47.3. The third-order valence-electron chi connectivity index (χ3n) is 25.0. The summed E-state index contributed by atoms with van der Waals surface area (Å²) in [6, 6.07) is 5.41. The van der Waals surface area contributed by atoms with Gasteiger partial charge in [-0.1, -0.05) is 167 Å².